The van der Waals surface area contributed by atoms with Crippen LogP contribution in [0.1, 0.15) is 33.6 Å². The average molecular weight is 277 g/mol. The average Bonchev–Trinajstić information content (AvgIpc) is 2.27. The van der Waals surface area contributed by atoms with E-state index in [1.807, 2.05) is 0 Å². The topological polar surface area (TPSA) is 72.5 Å². The van der Waals surface area contributed by atoms with Crippen molar-refractivity contribution in [3.8, 4) is 0 Å². The Morgan fingerprint density at radius 2 is 1.83 bits per heavy atom. The third kappa shape index (κ3) is 4.57. The number of nitrogens with one attached hydrogen (secondary N) is 1. The Kier molecular flexibility index (Phi) is 5.59. The first-order valence-corrected chi connectivity index (χ1v) is 8.16. The molecule has 1 saturated heterocycles. The summed E-state index contributed by atoms with van der Waals surface area (Å²) in [7, 11) is -3.41. The van der Waals surface area contributed by atoms with Gasteiger partial charge in [-0.05, 0) is 52.6 Å². The van der Waals surface area contributed by atoms with Crippen molar-refractivity contribution in [2.75, 3.05) is 18.8 Å². The van der Waals surface area contributed by atoms with Gasteiger partial charge < -0.3 is 10.1 Å². The number of esters is 1. The molecule has 0 bridgehead atoms. The van der Waals surface area contributed by atoms with Crippen LogP contribution in [0.3, 0.4) is 0 Å². The Morgan fingerprint density at radius 1 is 1.28 bits per heavy atom. The van der Waals surface area contributed by atoms with Crippen LogP contribution in [0.5, 0.6) is 0 Å². The third-order valence-electron chi connectivity index (χ3n) is 3.30. The fourth-order valence-electron chi connectivity index (χ4n) is 2.20. The molecule has 0 radical (unpaired) electrons. The SMILES string of the molecule is CC(C)OC(=O)CS(=O)(=O)C(C)C1CCNCC1. The van der Waals surface area contributed by atoms with Crippen molar-refractivity contribution in [1.82, 2.24) is 5.32 Å². The predicted octanol–water partition coefficient (Wildman–Crippen LogP) is 0.741. The molecule has 5 nitrogen and oxygen atoms in total. The standard InChI is InChI=1S/C12H23NO4S/c1-9(2)17-12(14)8-18(15,16)10(3)11-4-6-13-7-5-11/h9-11,13H,4-8H2,1-3H3. The Hall–Kier alpha value is -0.620. The molecule has 0 aromatic rings. The number of piperidine rings is 1. The maximum atomic E-state index is 12.1. The fraction of sp³-hybridized carbons (Fsp3) is 0.917. The minimum absolute atomic E-state index is 0.142. The smallest absolute Gasteiger partial charge is 0.321 e. The summed E-state index contributed by atoms with van der Waals surface area (Å²) in [5, 5.41) is 2.73. The van der Waals surface area contributed by atoms with Crippen LogP contribution < -0.4 is 5.32 Å². The first-order valence-electron chi connectivity index (χ1n) is 6.44. The minimum atomic E-state index is -3.41. The van der Waals surface area contributed by atoms with Crippen molar-refractivity contribution < 1.29 is 17.9 Å². The van der Waals surface area contributed by atoms with Gasteiger partial charge in [0.2, 0.25) is 0 Å². The zero-order chi connectivity index (χ0) is 13.8. The molecule has 0 spiro atoms. The van der Waals surface area contributed by atoms with E-state index in [0.717, 1.165) is 25.9 Å². The summed E-state index contributed by atoms with van der Waals surface area (Å²) < 4.78 is 29.1. The lowest BCUT2D eigenvalue weighted by molar-refractivity contribution is -0.144. The maximum absolute atomic E-state index is 12.1. The molecule has 0 saturated carbocycles. The molecule has 106 valence electrons. The highest BCUT2D eigenvalue weighted by Gasteiger charge is 2.32. The van der Waals surface area contributed by atoms with E-state index in [2.05, 4.69) is 5.32 Å². The predicted molar refractivity (Wildman–Crippen MR) is 70.1 cm³/mol. The van der Waals surface area contributed by atoms with E-state index < -0.39 is 26.8 Å². The van der Waals surface area contributed by atoms with E-state index in [4.69, 9.17) is 4.74 Å². The van der Waals surface area contributed by atoms with Gasteiger partial charge >= 0.3 is 5.97 Å². The zero-order valence-electron chi connectivity index (χ0n) is 11.3. The Labute approximate surface area is 109 Å². The molecule has 0 aromatic carbocycles. The molecule has 1 aliphatic heterocycles. The van der Waals surface area contributed by atoms with Gasteiger partial charge in [0, 0.05) is 0 Å². The van der Waals surface area contributed by atoms with Gasteiger partial charge in [-0.3, -0.25) is 4.79 Å². The van der Waals surface area contributed by atoms with Crippen molar-refractivity contribution in [2.24, 2.45) is 5.92 Å². The first kappa shape index (κ1) is 15.4. The number of rotatable bonds is 5. The molecule has 1 fully saturated rings. The van der Waals surface area contributed by atoms with Crippen molar-refractivity contribution in [3.63, 3.8) is 0 Å². The number of hydrogen-bond acceptors (Lipinski definition) is 5. The van der Waals surface area contributed by atoms with Crippen molar-refractivity contribution >= 4 is 15.8 Å². The van der Waals surface area contributed by atoms with Gasteiger partial charge in [-0.1, -0.05) is 0 Å². The van der Waals surface area contributed by atoms with Gasteiger partial charge in [0.15, 0.2) is 9.84 Å². The lowest BCUT2D eigenvalue weighted by Gasteiger charge is -2.27. The molecule has 0 amide bonds. The summed E-state index contributed by atoms with van der Waals surface area (Å²) in [5.41, 5.74) is 0. The molecule has 1 atom stereocenters. The van der Waals surface area contributed by atoms with E-state index in [9.17, 15) is 13.2 Å². The number of carbonyl (C=O) groups is 1. The second kappa shape index (κ2) is 6.52. The van der Waals surface area contributed by atoms with Crippen LogP contribution in [0.4, 0.5) is 0 Å². The van der Waals surface area contributed by atoms with Gasteiger partial charge in [0.25, 0.3) is 0 Å². The Balaban J connectivity index is 2.58. The van der Waals surface area contributed by atoms with Crippen molar-refractivity contribution in [1.29, 1.82) is 0 Å². The van der Waals surface area contributed by atoms with Crippen LogP contribution in [0.15, 0.2) is 0 Å². The van der Waals surface area contributed by atoms with Gasteiger partial charge in [0.05, 0.1) is 11.4 Å². The van der Waals surface area contributed by atoms with E-state index in [0.29, 0.717) is 0 Å². The lowest BCUT2D eigenvalue weighted by atomic mass is 9.95. The number of ether oxygens (including phenoxy) is 1. The molecule has 0 aromatic heterocycles. The quantitative estimate of drug-likeness (QED) is 0.750. The fourth-order valence-corrected chi connectivity index (χ4v) is 3.72. The van der Waals surface area contributed by atoms with Crippen LogP contribution in [-0.2, 0) is 19.4 Å². The minimum Gasteiger partial charge on any atom is -0.462 e. The van der Waals surface area contributed by atoms with Crippen LogP contribution >= 0.6 is 0 Å². The molecule has 1 aliphatic rings. The van der Waals surface area contributed by atoms with Gasteiger partial charge in [0.1, 0.15) is 5.75 Å². The second-order valence-corrected chi connectivity index (χ2v) is 7.50. The van der Waals surface area contributed by atoms with E-state index in [1.54, 1.807) is 20.8 Å². The summed E-state index contributed by atoms with van der Waals surface area (Å²) in [6.07, 6.45) is 1.42. The van der Waals surface area contributed by atoms with Crippen molar-refractivity contribution in [3.05, 3.63) is 0 Å². The molecule has 18 heavy (non-hydrogen) atoms. The van der Waals surface area contributed by atoms with Crippen LogP contribution in [0, 0.1) is 5.92 Å². The van der Waals surface area contributed by atoms with Gasteiger partial charge in [-0.2, -0.15) is 0 Å². The third-order valence-corrected chi connectivity index (χ3v) is 5.46. The Morgan fingerprint density at radius 3 is 2.33 bits per heavy atom. The zero-order valence-corrected chi connectivity index (χ0v) is 12.1. The largest absolute Gasteiger partial charge is 0.462 e. The molecule has 0 aliphatic carbocycles. The molecule has 1 rings (SSSR count). The summed E-state index contributed by atoms with van der Waals surface area (Å²) in [5.74, 6) is -1.01. The number of carbonyl (C=O) groups excluding carboxylic acids is 1. The van der Waals surface area contributed by atoms with Gasteiger partial charge in [-0.25, -0.2) is 8.42 Å². The highest BCUT2D eigenvalue weighted by Crippen LogP contribution is 2.22. The molecule has 6 heteroatoms. The lowest BCUT2D eigenvalue weighted by Crippen LogP contribution is -2.38. The normalized spacial score (nSPS) is 19.8. The summed E-state index contributed by atoms with van der Waals surface area (Å²) in [6.45, 7) is 6.82. The van der Waals surface area contributed by atoms with E-state index in [-0.39, 0.29) is 12.0 Å². The van der Waals surface area contributed by atoms with Gasteiger partial charge in [-0.15, -0.1) is 0 Å². The molecule has 1 unspecified atom stereocenters. The molecular formula is C12H23NO4S. The van der Waals surface area contributed by atoms with E-state index >= 15 is 0 Å². The highest BCUT2D eigenvalue weighted by molar-refractivity contribution is 7.92. The van der Waals surface area contributed by atoms with Crippen LogP contribution in [0.2, 0.25) is 0 Å². The molecule has 1 N–H and O–H groups in total. The van der Waals surface area contributed by atoms with E-state index in [1.165, 1.54) is 0 Å². The summed E-state index contributed by atoms with van der Waals surface area (Å²) in [6, 6.07) is 0. The summed E-state index contributed by atoms with van der Waals surface area (Å²) in [4.78, 5) is 11.4. The first-order chi connectivity index (χ1) is 8.33. The molecule has 1 heterocycles. The summed E-state index contributed by atoms with van der Waals surface area (Å²) >= 11 is 0. The highest BCUT2D eigenvalue weighted by atomic mass is 32.2. The van der Waals surface area contributed by atoms with Crippen molar-refractivity contribution in [2.45, 2.75) is 45.0 Å². The maximum Gasteiger partial charge on any atom is 0.321 e. The monoisotopic (exact) mass is 277 g/mol. The number of sulfone groups is 1. The van der Waals surface area contributed by atoms with Crippen LogP contribution in [-0.4, -0.2) is 44.6 Å². The second-order valence-electron chi connectivity index (χ2n) is 5.14. The molecular weight excluding hydrogens is 254 g/mol. The number of hydrogen-bond donors (Lipinski definition) is 1. The van der Waals surface area contributed by atoms with Crippen LogP contribution in [0.25, 0.3) is 0 Å². The Bertz CT molecular complexity index is 372.